The van der Waals surface area contributed by atoms with Gasteiger partial charge in [0.1, 0.15) is 24.0 Å². The Morgan fingerprint density at radius 1 is 0.909 bits per heavy atom. The highest BCUT2D eigenvalue weighted by Gasteiger charge is 2.56. The summed E-state index contributed by atoms with van der Waals surface area (Å²) in [7, 11) is 4.64. The zero-order valence-corrected chi connectivity index (χ0v) is 34.4. The number of hydrogen-bond acceptors (Lipinski definition) is 12. The molecule has 4 rings (SSSR count). The van der Waals surface area contributed by atoms with Crippen molar-refractivity contribution < 1.29 is 58.2 Å². The SMILES string of the molecule is CC[C@@H]1/C=C\C[C@H](C)C[C@H](OC)[C@H]2O[C@@](O)(C(=O)C(=O)N3CCCC[C@H]3C(=O)O[C@H](C(C)CC3CC[C@@H](O)[C@H](OC)C3)[C@H](C)[C@@H](O)CC1=O)[C@H](C)C[C@@H]2OC. The lowest BCUT2D eigenvalue weighted by molar-refractivity contribution is -0.302. The number of Topliss-reactive ketones (excluding diaryl/α,β-unsaturated/α-hetero) is 2. The predicted molar refractivity (Wildman–Crippen MR) is 203 cm³/mol. The Balaban J connectivity index is 1.71. The number of esters is 1. The molecule has 55 heavy (non-hydrogen) atoms. The Kier molecular flexibility index (Phi) is 16.9. The molecule has 1 amide bonds. The molecular weight excluding hydrogens is 710 g/mol. The highest BCUT2D eigenvalue weighted by Crippen LogP contribution is 2.39. The number of cyclic esters (lactones) is 1. The van der Waals surface area contributed by atoms with E-state index in [1.807, 2.05) is 32.9 Å². The fraction of sp³-hybridized carbons (Fsp3) is 0.857. The van der Waals surface area contributed by atoms with E-state index in [2.05, 4.69) is 0 Å². The molecule has 0 aromatic rings. The number of amides is 1. The zero-order valence-electron chi connectivity index (χ0n) is 34.4. The predicted octanol–water partition coefficient (Wildman–Crippen LogP) is 4.16. The van der Waals surface area contributed by atoms with Crippen LogP contribution in [0.4, 0.5) is 0 Å². The lowest BCUT2D eigenvalue weighted by atomic mass is 9.76. The maximum Gasteiger partial charge on any atom is 0.329 e. The molecule has 2 unspecified atom stereocenters. The molecule has 4 aliphatic rings. The van der Waals surface area contributed by atoms with Gasteiger partial charge in [-0.15, -0.1) is 0 Å². The number of ketones is 2. The van der Waals surface area contributed by atoms with Gasteiger partial charge in [0.15, 0.2) is 0 Å². The first-order valence-electron chi connectivity index (χ1n) is 20.7. The summed E-state index contributed by atoms with van der Waals surface area (Å²) in [6.07, 6.45) is 4.81. The zero-order chi connectivity index (χ0) is 40.6. The van der Waals surface area contributed by atoms with Gasteiger partial charge in [-0.25, -0.2) is 4.79 Å². The average Bonchev–Trinajstić information content (AvgIpc) is 3.17. The molecule has 3 fully saturated rings. The Bertz CT molecular complexity index is 1320. The minimum atomic E-state index is -2.49. The number of aliphatic hydroxyl groups is 3. The molecule has 0 aromatic carbocycles. The van der Waals surface area contributed by atoms with Crippen LogP contribution < -0.4 is 0 Å². The van der Waals surface area contributed by atoms with E-state index in [1.165, 1.54) is 19.1 Å². The number of methoxy groups -OCH3 is 3. The highest BCUT2D eigenvalue weighted by atomic mass is 16.7. The minimum Gasteiger partial charge on any atom is -0.460 e. The highest BCUT2D eigenvalue weighted by molar-refractivity contribution is 6.39. The number of piperidine rings is 1. The van der Waals surface area contributed by atoms with Crippen molar-refractivity contribution in [3.05, 3.63) is 12.2 Å². The van der Waals surface area contributed by atoms with E-state index in [-0.39, 0.29) is 55.4 Å². The van der Waals surface area contributed by atoms with Crippen molar-refractivity contribution in [3.63, 3.8) is 0 Å². The molecule has 13 nitrogen and oxygen atoms in total. The summed E-state index contributed by atoms with van der Waals surface area (Å²) in [5.74, 6) is -7.40. The number of allylic oxidation sites excluding steroid dienone is 2. The summed E-state index contributed by atoms with van der Waals surface area (Å²) in [5.41, 5.74) is 0. The second-order valence-electron chi connectivity index (χ2n) is 17.1. The van der Waals surface area contributed by atoms with Gasteiger partial charge in [-0.2, -0.15) is 0 Å². The number of carbonyl (C=O) groups excluding carboxylic acids is 4. The Morgan fingerprint density at radius 3 is 2.24 bits per heavy atom. The summed E-state index contributed by atoms with van der Waals surface area (Å²) in [4.78, 5) is 57.5. The third-order valence-corrected chi connectivity index (χ3v) is 13.1. The molecule has 13 heteroatoms. The lowest BCUT2D eigenvalue weighted by Gasteiger charge is -2.47. The van der Waals surface area contributed by atoms with Crippen LogP contribution in [0.15, 0.2) is 12.2 Å². The number of carbonyl (C=O) groups is 4. The maximum absolute atomic E-state index is 14.3. The fourth-order valence-corrected chi connectivity index (χ4v) is 9.41. The van der Waals surface area contributed by atoms with Crippen molar-refractivity contribution in [3.8, 4) is 0 Å². The molecule has 0 aromatic heterocycles. The van der Waals surface area contributed by atoms with Gasteiger partial charge in [0, 0.05) is 52.0 Å². The molecule has 0 radical (unpaired) electrons. The van der Waals surface area contributed by atoms with Crippen LogP contribution in [0.3, 0.4) is 0 Å². The largest absolute Gasteiger partial charge is 0.460 e. The third kappa shape index (κ3) is 10.8. The van der Waals surface area contributed by atoms with Gasteiger partial charge in [0.2, 0.25) is 5.79 Å². The van der Waals surface area contributed by atoms with Crippen molar-refractivity contribution in [1.82, 2.24) is 4.90 Å². The van der Waals surface area contributed by atoms with Crippen molar-refractivity contribution in [2.24, 2.45) is 35.5 Å². The van der Waals surface area contributed by atoms with E-state index in [0.29, 0.717) is 51.4 Å². The van der Waals surface area contributed by atoms with E-state index in [9.17, 15) is 34.5 Å². The molecule has 15 atom stereocenters. The normalized spacial score (nSPS) is 41.8. The minimum absolute atomic E-state index is 0.0468. The maximum atomic E-state index is 14.3. The first kappa shape index (κ1) is 45.4. The van der Waals surface area contributed by atoms with E-state index in [0.717, 1.165) is 6.42 Å². The Hall–Kier alpha value is -2.26. The molecule has 0 spiro atoms. The first-order valence-corrected chi connectivity index (χ1v) is 20.7. The number of ether oxygens (including phenoxy) is 5. The van der Waals surface area contributed by atoms with Crippen LogP contribution in [0.1, 0.15) is 112 Å². The second-order valence-corrected chi connectivity index (χ2v) is 17.1. The van der Waals surface area contributed by atoms with Crippen LogP contribution >= 0.6 is 0 Å². The summed E-state index contributed by atoms with van der Waals surface area (Å²) in [6, 6.07) is -1.10. The molecule has 2 saturated heterocycles. The number of aliphatic hydroxyl groups excluding tert-OH is 2. The Morgan fingerprint density at radius 2 is 1.58 bits per heavy atom. The van der Waals surface area contributed by atoms with Crippen LogP contribution in [-0.4, -0.2) is 126 Å². The van der Waals surface area contributed by atoms with Crippen LogP contribution in [0.25, 0.3) is 0 Å². The van der Waals surface area contributed by atoms with Crippen LogP contribution in [-0.2, 0) is 42.9 Å². The van der Waals surface area contributed by atoms with Gasteiger partial charge in [0.25, 0.3) is 11.7 Å². The van der Waals surface area contributed by atoms with Crippen molar-refractivity contribution in [2.45, 2.75) is 166 Å². The number of fused-ring (bicyclic) bond motifs is 3. The van der Waals surface area contributed by atoms with Gasteiger partial charge in [-0.3, -0.25) is 14.4 Å². The van der Waals surface area contributed by atoms with Gasteiger partial charge >= 0.3 is 5.97 Å². The smallest absolute Gasteiger partial charge is 0.329 e. The quantitative estimate of drug-likeness (QED) is 0.191. The van der Waals surface area contributed by atoms with Crippen LogP contribution in [0.2, 0.25) is 0 Å². The molecule has 314 valence electrons. The number of hydrogen-bond donors (Lipinski definition) is 3. The number of rotatable bonds is 7. The molecule has 3 aliphatic heterocycles. The molecule has 1 aliphatic carbocycles. The average molecular weight is 780 g/mol. The first-order chi connectivity index (χ1) is 26.1. The molecule has 3 N–H and O–H groups in total. The number of nitrogens with zero attached hydrogens (tertiary/aromatic N) is 1. The monoisotopic (exact) mass is 779 g/mol. The van der Waals surface area contributed by atoms with E-state index >= 15 is 0 Å². The van der Waals surface area contributed by atoms with Crippen LogP contribution in [0, 0.1) is 35.5 Å². The summed E-state index contributed by atoms with van der Waals surface area (Å²) < 4.78 is 29.7. The van der Waals surface area contributed by atoms with E-state index < -0.39 is 83.9 Å². The van der Waals surface area contributed by atoms with Crippen molar-refractivity contribution in [2.75, 3.05) is 27.9 Å². The summed E-state index contributed by atoms with van der Waals surface area (Å²) in [5, 5.41) is 34.0. The van der Waals surface area contributed by atoms with Crippen molar-refractivity contribution >= 4 is 23.4 Å². The molecule has 2 bridgehead atoms. The molecular formula is C42H69NO12. The third-order valence-electron chi connectivity index (χ3n) is 13.1. The van der Waals surface area contributed by atoms with Gasteiger partial charge in [-0.1, -0.05) is 46.8 Å². The van der Waals surface area contributed by atoms with Gasteiger partial charge in [-0.05, 0) is 88.4 Å². The van der Waals surface area contributed by atoms with Gasteiger partial charge in [0.05, 0.1) is 30.5 Å². The lowest BCUT2D eigenvalue weighted by Crippen LogP contribution is -2.64. The van der Waals surface area contributed by atoms with Crippen molar-refractivity contribution in [1.29, 1.82) is 0 Å². The van der Waals surface area contributed by atoms with Gasteiger partial charge < -0.3 is 43.9 Å². The van der Waals surface area contributed by atoms with E-state index in [1.54, 1.807) is 21.0 Å². The van der Waals surface area contributed by atoms with E-state index in [4.69, 9.17) is 23.7 Å². The fourth-order valence-electron chi connectivity index (χ4n) is 9.41. The molecule has 1 saturated carbocycles. The standard InChI is InChI=1S/C42H69NO12/c1-9-29-14-12-13-24(2)19-35(52-7)38-36(53-8)21-26(4)42(50,55-38)39(47)40(48)43-18-11-10-15-30(43)41(49)54-37(27(5)32(45)23-33(29)46)25(3)20-28-16-17-31(44)34(22-28)51-6/h12,14,24-32,34-38,44-45,50H,9-11,13,15-23H2,1-8H3/b14-12-/t24-,25?,26+,27+,28?,29+,30-,31+,32-,34+,35-,36-,37+,38+,42+/m0/s1. The second kappa shape index (κ2) is 20.4. The summed E-state index contributed by atoms with van der Waals surface area (Å²) >= 11 is 0. The molecule has 3 heterocycles. The summed E-state index contributed by atoms with van der Waals surface area (Å²) in [6.45, 7) is 9.45. The van der Waals surface area contributed by atoms with Crippen LogP contribution in [0.5, 0.6) is 0 Å². The topological polar surface area (TPSA) is 178 Å². The Labute approximate surface area is 327 Å².